The molecule has 2 N–H and O–H groups in total. The number of carboxylic acid groups (broad SMARTS) is 1. The molecule has 1 fully saturated rings. The van der Waals surface area contributed by atoms with Gasteiger partial charge in [0.15, 0.2) is 0 Å². The summed E-state index contributed by atoms with van der Waals surface area (Å²) in [5, 5.41) is 18.3. The highest BCUT2D eigenvalue weighted by Gasteiger charge is 2.38. The molecule has 0 spiro atoms. The molecule has 1 amide bonds. The van der Waals surface area contributed by atoms with Crippen LogP contribution in [0, 0.1) is 6.92 Å². The van der Waals surface area contributed by atoms with Gasteiger partial charge in [0.25, 0.3) is 11.5 Å². The highest BCUT2D eigenvalue weighted by molar-refractivity contribution is 7.20. The van der Waals surface area contributed by atoms with Crippen molar-refractivity contribution < 1.29 is 33.0 Å². The zero-order valence-corrected chi connectivity index (χ0v) is 18.9. The van der Waals surface area contributed by atoms with Crippen LogP contribution in [0.4, 0.5) is 13.2 Å². The van der Waals surface area contributed by atoms with Crippen LogP contribution >= 0.6 is 11.3 Å². The standard InChI is InChI=1S/C17H24N4O3S.C2HF3O2/c1-11-12-14(18-10-20(4)15(12)22)25-13(11)16(23)21-7-5-17(24,6-8-21)9-19(2)3;3-2(4,5)1(6)7/h10,24H,5-9H2,1-4H3;(H,6,7). The number of fused-ring (bicyclic) bond motifs is 1. The normalized spacial score (nSPS) is 16.1. The van der Waals surface area contributed by atoms with Gasteiger partial charge >= 0.3 is 12.1 Å². The van der Waals surface area contributed by atoms with Gasteiger partial charge in [0, 0.05) is 26.7 Å². The number of carboxylic acids is 1. The number of rotatable bonds is 3. The maximum Gasteiger partial charge on any atom is 0.490 e. The van der Waals surface area contributed by atoms with Gasteiger partial charge in [-0.15, -0.1) is 11.3 Å². The van der Waals surface area contributed by atoms with E-state index in [1.807, 2.05) is 25.9 Å². The third-order valence-corrected chi connectivity index (χ3v) is 6.23. The summed E-state index contributed by atoms with van der Waals surface area (Å²) in [6.07, 6.45) is -2.49. The molecule has 1 aliphatic heterocycles. The van der Waals surface area contributed by atoms with Crippen molar-refractivity contribution in [3.05, 3.63) is 27.1 Å². The summed E-state index contributed by atoms with van der Waals surface area (Å²) >= 11 is 1.27. The van der Waals surface area contributed by atoms with E-state index >= 15 is 0 Å². The Labute approximate surface area is 185 Å². The van der Waals surface area contributed by atoms with Crippen molar-refractivity contribution in [3.63, 3.8) is 0 Å². The Kier molecular flexibility index (Phi) is 7.68. The van der Waals surface area contributed by atoms with Gasteiger partial charge in [-0.25, -0.2) is 9.78 Å². The molecule has 0 atom stereocenters. The lowest BCUT2D eigenvalue weighted by Crippen LogP contribution is -2.51. The molecule has 0 unspecified atom stereocenters. The average molecular weight is 478 g/mol. The molecule has 0 saturated carbocycles. The van der Waals surface area contributed by atoms with Crippen LogP contribution in [0.15, 0.2) is 11.1 Å². The van der Waals surface area contributed by atoms with E-state index in [-0.39, 0.29) is 11.5 Å². The summed E-state index contributed by atoms with van der Waals surface area (Å²) in [5.74, 6) is -2.83. The van der Waals surface area contributed by atoms with E-state index < -0.39 is 17.7 Å². The Balaban J connectivity index is 0.000000451. The molecular formula is C19H25F3N4O5S. The number of thiophene rings is 1. The number of likely N-dealkylation sites (tertiary alicyclic amines) is 1. The first-order chi connectivity index (χ1) is 14.7. The molecule has 3 heterocycles. The number of piperidine rings is 1. The maximum atomic E-state index is 12.9. The van der Waals surface area contributed by atoms with Gasteiger partial charge in [-0.2, -0.15) is 13.2 Å². The first kappa shape index (κ1) is 25.7. The van der Waals surface area contributed by atoms with E-state index in [1.54, 1.807) is 11.9 Å². The number of halogens is 3. The molecule has 32 heavy (non-hydrogen) atoms. The molecule has 13 heteroatoms. The van der Waals surface area contributed by atoms with Gasteiger partial charge in [0.2, 0.25) is 0 Å². The van der Waals surface area contributed by atoms with Crippen molar-refractivity contribution in [2.24, 2.45) is 7.05 Å². The van der Waals surface area contributed by atoms with E-state index in [1.165, 1.54) is 22.2 Å². The molecule has 2 aromatic rings. The predicted octanol–water partition coefficient (Wildman–Crippen LogP) is 1.47. The first-order valence-corrected chi connectivity index (χ1v) is 10.4. The van der Waals surface area contributed by atoms with Crippen molar-refractivity contribution >= 4 is 33.4 Å². The fourth-order valence-corrected chi connectivity index (χ4v) is 4.54. The van der Waals surface area contributed by atoms with Crippen LogP contribution in [0.1, 0.15) is 28.1 Å². The Morgan fingerprint density at radius 3 is 2.28 bits per heavy atom. The zero-order valence-electron chi connectivity index (χ0n) is 18.1. The fraction of sp³-hybridized carbons (Fsp3) is 0.579. The number of likely N-dealkylation sites (N-methyl/N-ethyl adjacent to an activating group) is 1. The van der Waals surface area contributed by atoms with E-state index in [9.17, 15) is 27.9 Å². The van der Waals surface area contributed by atoms with Crippen molar-refractivity contribution in [2.75, 3.05) is 33.7 Å². The van der Waals surface area contributed by atoms with Crippen molar-refractivity contribution in [3.8, 4) is 0 Å². The number of amides is 1. The summed E-state index contributed by atoms with van der Waals surface area (Å²) in [6.45, 7) is 3.43. The number of hydrogen-bond acceptors (Lipinski definition) is 7. The number of aromatic nitrogens is 2. The van der Waals surface area contributed by atoms with Crippen LogP contribution in [0.25, 0.3) is 10.2 Å². The van der Waals surface area contributed by atoms with E-state index in [2.05, 4.69) is 4.98 Å². The molecule has 0 radical (unpaired) electrons. The SMILES string of the molecule is Cc1c(C(=O)N2CCC(O)(CN(C)C)CC2)sc2ncn(C)c(=O)c12.O=C(O)C(F)(F)F. The summed E-state index contributed by atoms with van der Waals surface area (Å²) in [4.78, 5) is 43.3. The number of aryl methyl sites for hydroxylation is 2. The van der Waals surface area contributed by atoms with Gasteiger partial charge in [0.1, 0.15) is 4.83 Å². The molecule has 3 rings (SSSR count). The number of carbonyl (C=O) groups is 2. The quantitative estimate of drug-likeness (QED) is 0.686. The minimum Gasteiger partial charge on any atom is -0.475 e. The van der Waals surface area contributed by atoms with Gasteiger partial charge < -0.3 is 24.6 Å². The van der Waals surface area contributed by atoms with Crippen LogP contribution in [-0.4, -0.2) is 86.9 Å². The number of alkyl halides is 3. The minimum absolute atomic E-state index is 0.0746. The topological polar surface area (TPSA) is 116 Å². The Hall–Kier alpha value is -2.51. The minimum atomic E-state index is -5.08. The molecule has 1 aliphatic rings. The summed E-state index contributed by atoms with van der Waals surface area (Å²) in [5.41, 5.74) is -0.169. The molecule has 2 aromatic heterocycles. The molecule has 0 aliphatic carbocycles. The number of carbonyl (C=O) groups excluding carboxylic acids is 1. The van der Waals surface area contributed by atoms with E-state index in [0.717, 1.165) is 0 Å². The second-order valence-corrected chi connectivity index (χ2v) is 8.95. The van der Waals surface area contributed by atoms with Crippen LogP contribution in [0.5, 0.6) is 0 Å². The van der Waals surface area contributed by atoms with Gasteiger partial charge in [0.05, 0.1) is 22.2 Å². The predicted molar refractivity (Wildman–Crippen MR) is 112 cm³/mol. The van der Waals surface area contributed by atoms with Crippen LogP contribution in [0.2, 0.25) is 0 Å². The maximum absolute atomic E-state index is 12.9. The highest BCUT2D eigenvalue weighted by Crippen LogP contribution is 2.30. The van der Waals surface area contributed by atoms with Gasteiger partial charge in [-0.3, -0.25) is 9.59 Å². The lowest BCUT2D eigenvalue weighted by Gasteiger charge is -2.39. The molecule has 0 bridgehead atoms. The van der Waals surface area contributed by atoms with Crippen LogP contribution in [-0.2, 0) is 11.8 Å². The third kappa shape index (κ3) is 5.84. The largest absolute Gasteiger partial charge is 0.490 e. The van der Waals surface area contributed by atoms with Crippen molar-refractivity contribution in [1.82, 2.24) is 19.4 Å². The molecular weight excluding hydrogens is 453 g/mol. The Morgan fingerprint density at radius 1 is 1.28 bits per heavy atom. The summed E-state index contributed by atoms with van der Waals surface area (Å²) in [6, 6.07) is 0. The molecule has 0 aromatic carbocycles. The molecule has 1 saturated heterocycles. The van der Waals surface area contributed by atoms with Gasteiger partial charge in [-0.05, 0) is 39.4 Å². The first-order valence-electron chi connectivity index (χ1n) is 9.57. The van der Waals surface area contributed by atoms with Crippen molar-refractivity contribution in [2.45, 2.75) is 31.5 Å². The lowest BCUT2D eigenvalue weighted by atomic mass is 9.91. The van der Waals surface area contributed by atoms with Crippen LogP contribution in [0.3, 0.4) is 0 Å². The summed E-state index contributed by atoms with van der Waals surface area (Å²) in [7, 11) is 5.52. The number of hydrogen-bond donors (Lipinski definition) is 2. The number of aliphatic hydroxyl groups is 1. The van der Waals surface area contributed by atoms with Crippen molar-refractivity contribution in [1.29, 1.82) is 0 Å². The molecule has 178 valence electrons. The van der Waals surface area contributed by atoms with E-state index in [4.69, 9.17) is 9.90 Å². The van der Waals surface area contributed by atoms with Gasteiger partial charge in [-0.1, -0.05) is 0 Å². The smallest absolute Gasteiger partial charge is 0.475 e. The number of aliphatic carboxylic acids is 1. The lowest BCUT2D eigenvalue weighted by molar-refractivity contribution is -0.192. The summed E-state index contributed by atoms with van der Waals surface area (Å²) < 4.78 is 33.2. The Bertz CT molecular complexity index is 1060. The zero-order chi connectivity index (χ0) is 24.4. The number of nitrogens with zero attached hydrogens (tertiary/aromatic N) is 4. The second-order valence-electron chi connectivity index (χ2n) is 7.95. The van der Waals surface area contributed by atoms with E-state index in [0.29, 0.717) is 53.1 Å². The Morgan fingerprint density at radius 2 is 1.81 bits per heavy atom. The van der Waals surface area contributed by atoms with Crippen LogP contribution < -0.4 is 5.56 Å². The fourth-order valence-electron chi connectivity index (χ4n) is 3.43. The monoisotopic (exact) mass is 478 g/mol. The average Bonchev–Trinajstić information content (AvgIpc) is 3.01. The second kappa shape index (κ2) is 9.55. The molecule has 9 nitrogen and oxygen atoms in total. The third-order valence-electron chi connectivity index (χ3n) is 5.04. The highest BCUT2D eigenvalue weighted by atomic mass is 32.1.